The number of carboxylic acids is 1. The smallest absolute Gasteiger partial charge is 0.325 e. The predicted molar refractivity (Wildman–Crippen MR) is 60.1 cm³/mol. The lowest BCUT2D eigenvalue weighted by Crippen LogP contribution is -2.33. The Labute approximate surface area is 94.1 Å². The van der Waals surface area contributed by atoms with Crippen LogP contribution in [-0.2, 0) is 4.79 Å². The zero-order valence-electron chi connectivity index (χ0n) is 8.70. The van der Waals surface area contributed by atoms with Gasteiger partial charge in [0.05, 0.1) is 0 Å². The van der Waals surface area contributed by atoms with E-state index >= 15 is 0 Å². The zero-order chi connectivity index (χ0) is 11.4. The minimum atomic E-state index is -0.883. The maximum Gasteiger partial charge on any atom is 0.325 e. The number of carbonyl (C=O) groups is 1. The van der Waals surface area contributed by atoms with Crippen molar-refractivity contribution in [3.8, 4) is 0 Å². The molecular formula is C11H14ClNO2. The summed E-state index contributed by atoms with van der Waals surface area (Å²) < 4.78 is 0. The molecule has 1 rings (SSSR count). The number of aliphatic carboxylic acids is 1. The monoisotopic (exact) mass is 227 g/mol. The number of benzene rings is 1. The van der Waals surface area contributed by atoms with Crippen molar-refractivity contribution in [2.24, 2.45) is 0 Å². The van der Waals surface area contributed by atoms with Crippen molar-refractivity contribution in [3.63, 3.8) is 0 Å². The number of hydrogen-bond donors (Lipinski definition) is 2. The van der Waals surface area contributed by atoms with Crippen LogP contribution in [0.25, 0.3) is 0 Å². The maximum absolute atomic E-state index is 11.0. The van der Waals surface area contributed by atoms with E-state index in [1.54, 1.807) is 24.3 Å². The van der Waals surface area contributed by atoms with E-state index in [1.165, 1.54) is 0 Å². The number of hydrogen-bond acceptors (Lipinski definition) is 2. The largest absolute Gasteiger partial charge is 0.480 e. The molecule has 15 heavy (non-hydrogen) atoms. The van der Waals surface area contributed by atoms with E-state index in [1.807, 2.05) is 13.8 Å². The van der Waals surface area contributed by atoms with Gasteiger partial charge in [0.25, 0.3) is 0 Å². The Kier molecular flexibility index (Phi) is 4.12. The van der Waals surface area contributed by atoms with Gasteiger partial charge in [-0.3, -0.25) is 10.1 Å². The van der Waals surface area contributed by atoms with Crippen LogP contribution in [0.1, 0.15) is 25.5 Å². The highest BCUT2D eigenvalue weighted by Gasteiger charge is 2.19. The van der Waals surface area contributed by atoms with Crippen molar-refractivity contribution in [2.75, 3.05) is 0 Å². The molecule has 0 spiro atoms. The Hall–Kier alpha value is -1.06. The number of rotatable bonds is 4. The molecule has 0 saturated carbocycles. The van der Waals surface area contributed by atoms with Gasteiger partial charge in [-0.25, -0.2) is 0 Å². The molecule has 4 heteroatoms. The van der Waals surface area contributed by atoms with E-state index < -0.39 is 12.0 Å². The lowest BCUT2D eigenvalue weighted by molar-refractivity contribution is -0.139. The van der Waals surface area contributed by atoms with Crippen molar-refractivity contribution in [1.29, 1.82) is 0 Å². The normalized spacial score (nSPS) is 12.8. The van der Waals surface area contributed by atoms with Crippen molar-refractivity contribution < 1.29 is 9.90 Å². The summed E-state index contributed by atoms with van der Waals surface area (Å²) in [6, 6.07) is 6.25. The molecule has 0 aliphatic heterocycles. The molecular weight excluding hydrogens is 214 g/mol. The summed E-state index contributed by atoms with van der Waals surface area (Å²) in [7, 11) is 0. The third kappa shape index (κ3) is 3.53. The SMILES string of the molecule is CC(C)N[C@@H](C(=O)O)c1ccc(Cl)cc1. The lowest BCUT2D eigenvalue weighted by Gasteiger charge is -2.17. The summed E-state index contributed by atoms with van der Waals surface area (Å²) in [6.07, 6.45) is 0. The van der Waals surface area contributed by atoms with E-state index in [9.17, 15) is 4.79 Å². The molecule has 82 valence electrons. The Bertz CT molecular complexity index is 335. The van der Waals surface area contributed by atoms with Crippen molar-refractivity contribution in [2.45, 2.75) is 25.9 Å². The van der Waals surface area contributed by atoms with Crippen LogP contribution in [0.15, 0.2) is 24.3 Å². The van der Waals surface area contributed by atoms with Gasteiger partial charge in [-0.05, 0) is 31.5 Å². The van der Waals surface area contributed by atoms with E-state index in [0.717, 1.165) is 0 Å². The highest BCUT2D eigenvalue weighted by atomic mass is 35.5. The second-order valence-electron chi connectivity index (χ2n) is 3.64. The molecule has 0 aliphatic carbocycles. The van der Waals surface area contributed by atoms with E-state index in [4.69, 9.17) is 16.7 Å². The summed E-state index contributed by atoms with van der Waals surface area (Å²) in [6.45, 7) is 3.82. The molecule has 0 bridgehead atoms. The molecule has 0 fully saturated rings. The van der Waals surface area contributed by atoms with Crippen LogP contribution in [0.3, 0.4) is 0 Å². The fraction of sp³-hybridized carbons (Fsp3) is 0.364. The van der Waals surface area contributed by atoms with Crippen LogP contribution in [0.4, 0.5) is 0 Å². The van der Waals surface area contributed by atoms with Gasteiger partial charge in [0.15, 0.2) is 0 Å². The van der Waals surface area contributed by atoms with Gasteiger partial charge in [-0.1, -0.05) is 23.7 Å². The third-order valence-electron chi connectivity index (χ3n) is 1.95. The second kappa shape index (κ2) is 5.14. The molecule has 0 aliphatic rings. The van der Waals surface area contributed by atoms with Gasteiger partial charge >= 0.3 is 5.97 Å². The molecule has 0 saturated heterocycles. The summed E-state index contributed by atoms with van der Waals surface area (Å²) >= 11 is 5.73. The third-order valence-corrected chi connectivity index (χ3v) is 2.20. The molecule has 0 aromatic heterocycles. The van der Waals surface area contributed by atoms with Crippen molar-refractivity contribution >= 4 is 17.6 Å². The molecule has 0 heterocycles. The van der Waals surface area contributed by atoms with Gasteiger partial charge in [-0.2, -0.15) is 0 Å². The van der Waals surface area contributed by atoms with E-state index in [-0.39, 0.29) is 6.04 Å². The standard InChI is InChI=1S/C11H14ClNO2/c1-7(2)13-10(11(14)15)8-3-5-9(12)6-4-8/h3-7,10,13H,1-2H3,(H,14,15)/t10-/m1/s1. The van der Waals surface area contributed by atoms with Crippen LogP contribution in [-0.4, -0.2) is 17.1 Å². The molecule has 0 radical (unpaired) electrons. The lowest BCUT2D eigenvalue weighted by atomic mass is 10.1. The number of halogens is 1. The van der Waals surface area contributed by atoms with Crippen LogP contribution < -0.4 is 5.32 Å². The first-order chi connectivity index (χ1) is 7.00. The first kappa shape index (κ1) is 12.0. The van der Waals surface area contributed by atoms with E-state index in [2.05, 4.69) is 5.32 Å². The summed E-state index contributed by atoms with van der Waals surface area (Å²) in [5, 5.41) is 12.6. The fourth-order valence-corrected chi connectivity index (χ4v) is 1.42. The number of carboxylic acid groups (broad SMARTS) is 1. The van der Waals surface area contributed by atoms with Gasteiger partial charge in [0.2, 0.25) is 0 Å². The first-order valence-corrected chi connectivity index (χ1v) is 5.13. The Balaban J connectivity index is 2.89. The second-order valence-corrected chi connectivity index (χ2v) is 4.08. The highest BCUT2D eigenvalue weighted by Crippen LogP contribution is 2.17. The molecule has 3 nitrogen and oxygen atoms in total. The van der Waals surface area contributed by atoms with E-state index in [0.29, 0.717) is 10.6 Å². The summed E-state index contributed by atoms with van der Waals surface area (Å²) in [5.74, 6) is -0.883. The molecule has 1 aromatic carbocycles. The quantitative estimate of drug-likeness (QED) is 0.831. The minimum absolute atomic E-state index is 0.113. The van der Waals surface area contributed by atoms with Gasteiger partial charge < -0.3 is 5.11 Å². The highest BCUT2D eigenvalue weighted by molar-refractivity contribution is 6.30. The van der Waals surface area contributed by atoms with Crippen LogP contribution >= 0.6 is 11.6 Å². The van der Waals surface area contributed by atoms with Crippen LogP contribution in [0.5, 0.6) is 0 Å². The van der Waals surface area contributed by atoms with Crippen LogP contribution in [0.2, 0.25) is 5.02 Å². The Morgan fingerprint density at radius 1 is 1.33 bits per heavy atom. The van der Waals surface area contributed by atoms with Gasteiger partial charge in [-0.15, -0.1) is 0 Å². The molecule has 1 aromatic rings. The average Bonchev–Trinajstić information content (AvgIpc) is 2.15. The van der Waals surface area contributed by atoms with Crippen molar-refractivity contribution in [3.05, 3.63) is 34.9 Å². The van der Waals surface area contributed by atoms with Crippen molar-refractivity contribution in [1.82, 2.24) is 5.32 Å². The molecule has 2 N–H and O–H groups in total. The Morgan fingerprint density at radius 2 is 1.87 bits per heavy atom. The average molecular weight is 228 g/mol. The topological polar surface area (TPSA) is 49.3 Å². The Morgan fingerprint density at radius 3 is 2.27 bits per heavy atom. The summed E-state index contributed by atoms with van der Waals surface area (Å²) in [4.78, 5) is 11.0. The maximum atomic E-state index is 11.0. The molecule has 0 unspecified atom stereocenters. The first-order valence-electron chi connectivity index (χ1n) is 4.75. The molecule has 0 amide bonds. The van der Waals surface area contributed by atoms with Gasteiger partial charge in [0.1, 0.15) is 6.04 Å². The minimum Gasteiger partial charge on any atom is -0.480 e. The predicted octanol–water partition coefficient (Wildman–Crippen LogP) is 2.46. The van der Waals surface area contributed by atoms with Crippen LogP contribution in [0, 0.1) is 0 Å². The number of nitrogens with one attached hydrogen (secondary N) is 1. The zero-order valence-corrected chi connectivity index (χ0v) is 9.45. The fourth-order valence-electron chi connectivity index (χ4n) is 1.30. The molecule has 1 atom stereocenters. The summed E-state index contributed by atoms with van der Waals surface area (Å²) in [5.41, 5.74) is 0.709. The van der Waals surface area contributed by atoms with Gasteiger partial charge in [0, 0.05) is 11.1 Å².